The van der Waals surface area contributed by atoms with Gasteiger partial charge in [-0.05, 0) is 111 Å². The Kier molecular flexibility index (Phi) is 45.6. The van der Waals surface area contributed by atoms with Crippen molar-refractivity contribution in [3.63, 3.8) is 0 Å². The van der Waals surface area contributed by atoms with Crippen molar-refractivity contribution in [3.05, 3.63) is 86.5 Å². The molecule has 3 rings (SSSR count). The Morgan fingerprint density at radius 1 is 0.295 bits per heavy atom. The standard InChI is InChI=1S/C75H122N2.Ni/c1-7-13-19-21-23-25-27-29-31-33-35-37-39-41-43-45-47-49-52-56-68-62-60-66(54-16-10-4)64-72(68)74-70(58-18-12-6)71(59-51-15-9-3)75(77(74)76)73-65-67(55-17-11-5)61-63-69(73)57-53-50-48-46-44-42-40-38-36-34-32-30-28-26-24-22-20-14-8-2;/h60-65H,7-46,51-59H2,1-6H3;. The first-order chi connectivity index (χ1) is 38.0. The fourth-order valence-electron chi connectivity index (χ4n) is 11.8. The van der Waals surface area contributed by atoms with Crippen LogP contribution in [0.1, 0.15) is 364 Å². The summed E-state index contributed by atoms with van der Waals surface area (Å²) in [5, 5.41) is 0. The zero-order chi connectivity index (χ0) is 55.1. The zero-order valence-electron chi connectivity index (χ0n) is 52.3. The van der Waals surface area contributed by atoms with Crippen molar-refractivity contribution in [2.75, 3.05) is 0 Å². The van der Waals surface area contributed by atoms with Crippen LogP contribution in [0.3, 0.4) is 0 Å². The number of nitrogens with zero attached hydrogens (tertiary/aromatic N) is 2. The topological polar surface area (TPSA) is 25.3 Å². The molecule has 0 bridgehead atoms. The van der Waals surface area contributed by atoms with Gasteiger partial charge in [0.1, 0.15) is 0 Å². The number of hydrogen-bond donors (Lipinski definition) is 0. The molecular weight excluding hydrogens is 988 g/mol. The summed E-state index contributed by atoms with van der Waals surface area (Å²) in [6.07, 6.45) is 62.0. The van der Waals surface area contributed by atoms with E-state index in [2.05, 4.69) is 102 Å². The molecule has 0 N–H and O–H groups in total. The van der Waals surface area contributed by atoms with Crippen LogP contribution in [-0.4, -0.2) is 4.70 Å². The van der Waals surface area contributed by atoms with E-state index in [9.17, 15) is 5.53 Å². The first-order valence-electron chi connectivity index (χ1n) is 34.2. The van der Waals surface area contributed by atoms with Crippen LogP contribution in [0.15, 0.2) is 47.5 Å². The Morgan fingerprint density at radius 2 is 0.564 bits per heavy atom. The molecular formula is C75H122N2Ni. The summed E-state index contributed by atoms with van der Waals surface area (Å²) in [6.45, 7) is 13.8. The smallest absolute Gasteiger partial charge is 0.211 e. The van der Waals surface area contributed by atoms with Gasteiger partial charge in [0.25, 0.3) is 0 Å². The van der Waals surface area contributed by atoms with Gasteiger partial charge in [-0.1, -0.05) is 278 Å². The molecule has 0 unspecified atom stereocenters. The normalized spacial score (nSPS) is 12.3. The molecule has 3 heteroatoms. The third-order valence-electron chi connectivity index (χ3n) is 16.8. The van der Waals surface area contributed by atoms with E-state index >= 15 is 0 Å². The first kappa shape index (κ1) is 71.2. The largest absolute Gasteiger partial charge is 0.493 e. The van der Waals surface area contributed by atoms with E-state index in [4.69, 9.17) is 0 Å². The van der Waals surface area contributed by atoms with E-state index in [1.165, 1.54) is 276 Å². The number of allylic oxidation sites excluding steroid dienone is 2. The third-order valence-corrected chi connectivity index (χ3v) is 16.8. The molecule has 0 aliphatic carbocycles. The van der Waals surface area contributed by atoms with Crippen molar-refractivity contribution in [2.24, 2.45) is 0 Å². The van der Waals surface area contributed by atoms with Gasteiger partial charge in [0.05, 0.1) is 0 Å². The molecule has 2 aromatic rings. The molecule has 78 heavy (non-hydrogen) atoms. The molecule has 1 aliphatic rings. The average molecular weight is 1110 g/mol. The molecule has 0 fully saturated rings. The van der Waals surface area contributed by atoms with Crippen LogP contribution < -0.4 is 0 Å². The molecule has 0 saturated carbocycles. The quantitative estimate of drug-likeness (QED) is 0.0273. The van der Waals surface area contributed by atoms with E-state index in [1.807, 2.05) is 0 Å². The fourth-order valence-corrected chi connectivity index (χ4v) is 11.8. The van der Waals surface area contributed by atoms with Crippen molar-refractivity contribution in [1.29, 1.82) is 0 Å². The maximum Gasteiger partial charge on any atom is 0.211 e. The van der Waals surface area contributed by atoms with Crippen LogP contribution in [-0.2, 0) is 42.2 Å². The fraction of sp³-hybridized carbons (Fsp3) is 0.733. The summed E-state index contributed by atoms with van der Waals surface area (Å²) in [7, 11) is 0. The van der Waals surface area contributed by atoms with Crippen LogP contribution in [0.25, 0.3) is 16.9 Å². The van der Waals surface area contributed by atoms with Crippen molar-refractivity contribution < 1.29 is 21.2 Å². The van der Waals surface area contributed by atoms with E-state index in [0.29, 0.717) is 0 Å². The van der Waals surface area contributed by atoms with Gasteiger partial charge in [-0.15, -0.1) is 23.7 Å². The Labute approximate surface area is 496 Å². The monoisotopic (exact) mass is 1110 g/mol. The molecule has 1 aliphatic heterocycles. The summed E-state index contributed by atoms with van der Waals surface area (Å²) in [6, 6.07) is 14.4. The minimum Gasteiger partial charge on any atom is -0.493 e. The van der Waals surface area contributed by atoms with Gasteiger partial charge in [-0.3, -0.25) is 0 Å². The van der Waals surface area contributed by atoms with Crippen molar-refractivity contribution >= 4 is 11.4 Å². The van der Waals surface area contributed by atoms with Gasteiger partial charge >= 0.3 is 0 Å². The van der Waals surface area contributed by atoms with Crippen LogP contribution in [0.2, 0.25) is 0 Å². The molecule has 0 spiro atoms. The Bertz CT molecular complexity index is 2010. The van der Waals surface area contributed by atoms with E-state index < -0.39 is 0 Å². The molecule has 0 amide bonds. The number of benzene rings is 2. The minimum atomic E-state index is 0. The predicted molar refractivity (Wildman–Crippen MR) is 343 cm³/mol. The van der Waals surface area contributed by atoms with E-state index in [1.54, 1.807) is 4.70 Å². The molecule has 2 nitrogen and oxygen atoms in total. The zero-order valence-corrected chi connectivity index (χ0v) is 53.3. The summed E-state index contributed by atoms with van der Waals surface area (Å²) in [5.74, 6) is 14.4. The molecule has 0 saturated heterocycles. The van der Waals surface area contributed by atoms with Crippen molar-refractivity contribution in [3.8, 4) is 23.7 Å². The SMILES string of the molecule is CCCCCCCCCCCCCCCCCC#CCCc1ccc(CCCC)cc1C1=C(CCCC)C(CCCCC)=C(c2cc(CCCC)ccc2CCC#CCCCCCCCCCCCCCCCCC)[N+]1=[N-].[Ni]. The van der Waals surface area contributed by atoms with Crippen LogP contribution >= 0.6 is 0 Å². The number of hydrogen-bond acceptors (Lipinski definition) is 0. The molecule has 0 atom stereocenters. The molecule has 0 aromatic heterocycles. The van der Waals surface area contributed by atoms with Gasteiger partial charge < -0.3 is 5.53 Å². The third kappa shape index (κ3) is 31.4. The number of unbranched alkanes of at least 4 members (excludes halogenated alkanes) is 35. The second-order valence-electron chi connectivity index (χ2n) is 23.8. The first-order valence-corrected chi connectivity index (χ1v) is 34.2. The predicted octanol–water partition coefficient (Wildman–Crippen LogP) is 24.7. The van der Waals surface area contributed by atoms with Crippen molar-refractivity contribution in [2.45, 2.75) is 356 Å². The Hall–Kier alpha value is -2.87. The van der Waals surface area contributed by atoms with Gasteiger partial charge in [0, 0.05) is 64.4 Å². The summed E-state index contributed by atoms with van der Waals surface area (Å²) in [4.78, 5) is 0. The summed E-state index contributed by atoms with van der Waals surface area (Å²) < 4.78 is 1.70. The van der Waals surface area contributed by atoms with Gasteiger partial charge in [0.15, 0.2) is 0 Å². The van der Waals surface area contributed by atoms with Crippen LogP contribution in [0.5, 0.6) is 0 Å². The second-order valence-corrected chi connectivity index (χ2v) is 23.8. The molecule has 2 aromatic carbocycles. The van der Waals surface area contributed by atoms with E-state index in [0.717, 1.165) is 94.9 Å². The molecule has 442 valence electrons. The maximum absolute atomic E-state index is 13.1. The number of rotatable bonds is 49. The van der Waals surface area contributed by atoms with Gasteiger partial charge in [-0.25, -0.2) is 4.70 Å². The van der Waals surface area contributed by atoms with E-state index in [-0.39, 0.29) is 16.5 Å². The summed E-state index contributed by atoms with van der Waals surface area (Å²) >= 11 is 0. The molecule has 1 heterocycles. The summed E-state index contributed by atoms with van der Waals surface area (Å²) in [5.41, 5.74) is 25.8. The minimum absolute atomic E-state index is 0. The average Bonchev–Trinajstić information content (AvgIpc) is 3.82. The number of aryl methyl sites for hydroxylation is 4. The van der Waals surface area contributed by atoms with Gasteiger partial charge in [-0.2, -0.15) is 0 Å². The van der Waals surface area contributed by atoms with Crippen molar-refractivity contribution in [1.82, 2.24) is 0 Å². The van der Waals surface area contributed by atoms with Crippen LogP contribution in [0.4, 0.5) is 0 Å². The Morgan fingerprint density at radius 3 is 0.897 bits per heavy atom. The van der Waals surface area contributed by atoms with Crippen LogP contribution in [0, 0.1) is 23.7 Å². The van der Waals surface area contributed by atoms with Gasteiger partial charge in [0.2, 0.25) is 11.4 Å². The Balaban J connectivity index is 0.0000208. The second kappa shape index (κ2) is 49.9. The molecule has 0 radical (unpaired) electrons. The maximum atomic E-state index is 13.1.